The normalized spacial score (nSPS) is 25.0. The number of aryl methyl sites for hydroxylation is 1. The fourth-order valence-electron chi connectivity index (χ4n) is 4.18. The number of fused-ring (bicyclic) bond motifs is 1. The lowest BCUT2D eigenvalue weighted by atomic mass is 9.71. The van der Waals surface area contributed by atoms with Crippen LogP contribution in [0.2, 0.25) is 0 Å². The van der Waals surface area contributed by atoms with E-state index in [0.29, 0.717) is 21.7 Å². The number of nitrogens with zero attached hydrogens (tertiary/aromatic N) is 1. The summed E-state index contributed by atoms with van der Waals surface area (Å²) in [5, 5.41) is 14.3. The SMILES string of the molecule is O=C1C=CC=C(N(O)C(=O)c2ccc3c(c2)CC[C@@]2(CCNC2)C3)C1. The van der Waals surface area contributed by atoms with Gasteiger partial charge < -0.3 is 5.32 Å². The highest BCUT2D eigenvalue weighted by Gasteiger charge is 2.37. The maximum atomic E-state index is 12.6. The first-order chi connectivity index (χ1) is 12.1. The van der Waals surface area contributed by atoms with Crippen LogP contribution in [-0.2, 0) is 17.6 Å². The number of nitrogens with one attached hydrogen (secondary N) is 1. The number of hydroxylamine groups is 2. The molecule has 2 N–H and O–H groups in total. The number of carbonyl (C=O) groups excluding carboxylic acids is 2. The van der Waals surface area contributed by atoms with Crippen molar-refractivity contribution in [2.24, 2.45) is 5.41 Å². The van der Waals surface area contributed by atoms with E-state index in [2.05, 4.69) is 5.32 Å². The number of hydrogen-bond acceptors (Lipinski definition) is 4. The number of benzene rings is 1. The number of ketones is 1. The quantitative estimate of drug-likeness (QED) is 0.642. The molecule has 1 aromatic rings. The Morgan fingerprint density at radius 2 is 2.12 bits per heavy atom. The highest BCUT2D eigenvalue weighted by Crippen LogP contribution is 2.40. The maximum Gasteiger partial charge on any atom is 0.281 e. The van der Waals surface area contributed by atoms with Gasteiger partial charge in [0.1, 0.15) is 0 Å². The Morgan fingerprint density at radius 3 is 2.88 bits per heavy atom. The Morgan fingerprint density at radius 1 is 1.24 bits per heavy atom. The van der Waals surface area contributed by atoms with Gasteiger partial charge in [0.15, 0.2) is 5.78 Å². The highest BCUT2D eigenvalue weighted by atomic mass is 16.5. The molecule has 2 aliphatic carbocycles. The summed E-state index contributed by atoms with van der Waals surface area (Å²) in [6.07, 6.45) is 9.00. The molecule has 0 radical (unpaired) electrons. The molecule has 3 aliphatic rings. The molecule has 1 saturated heterocycles. The van der Waals surface area contributed by atoms with Crippen LogP contribution in [-0.4, -0.2) is 35.1 Å². The minimum atomic E-state index is -0.486. The van der Waals surface area contributed by atoms with Gasteiger partial charge >= 0.3 is 0 Å². The third kappa shape index (κ3) is 3.05. The number of allylic oxidation sites excluding steroid dienone is 4. The van der Waals surface area contributed by atoms with Crippen LogP contribution < -0.4 is 5.32 Å². The first-order valence-electron chi connectivity index (χ1n) is 8.82. The molecule has 1 aromatic carbocycles. The molecule has 1 atom stereocenters. The smallest absolute Gasteiger partial charge is 0.281 e. The molecule has 130 valence electrons. The molecule has 1 heterocycles. The van der Waals surface area contributed by atoms with Gasteiger partial charge in [-0.2, -0.15) is 5.06 Å². The van der Waals surface area contributed by atoms with Crippen molar-refractivity contribution in [3.05, 3.63) is 58.8 Å². The number of carbonyl (C=O) groups is 2. The van der Waals surface area contributed by atoms with Gasteiger partial charge in [0.2, 0.25) is 0 Å². The highest BCUT2D eigenvalue weighted by molar-refractivity contribution is 5.97. The lowest BCUT2D eigenvalue weighted by molar-refractivity contribution is -0.115. The summed E-state index contributed by atoms with van der Waals surface area (Å²) >= 11 is 0. The molecule has 5 nitrogen and oxygen atoms in total. The van der Waals surface area contributed by atoms with Crippen molar-refractivity contribution in [2.45, 2.75) is 32.1 Å². The van der Waals surface area contributed by atoms with Crippen LogP contribution in [0.3, 0.4) is 0 Å². The van der Waals surface area contributed by atoms with Gasteiger partial charge in [0.05, 0.1) is 12.1 Å². The molecule has 0 saturated carbocycles. The number of amides is 1. The zero-order chi connectivity index (χ0) is 17.4. The third-order valence-electron chi connectivity index (χ3n) is 5.67. The Labute approximate surface area is 147 Å². The maximum absolute atomic E-state index is 12.6. The lowest BCUT2D eigenvalue weighted by Gasteiger charge is -2.34. The first-order valence-corrected chi connectivity index (χ1v) is 8.82. The summed E-state index contributed by atoms with van der Waals surface area (Å²) in [6.45, 7) is 2.17. The summed E-state index contributed by atoms with van der Waals surface area (Å²) < 4.78 is 0. The van der Waals surface area contributed by atoms with Gasteiger partial charge in [0.25, 0.3) is 5.91 Å². The van der Waals surface area contributed by atoms with Crippen LogP contribution in [0.1, 0.15) is 40.7 Å². The van der Waals surface area contributed by atoms with Crippen molar-refractivity contribution >= 4 is 11.7 Å². The zero-order valence-corrected chi connectivity index (χ0v) is 14.1. The van der Waals surface area contributed by atoms with E-state index in [-0.39, 0.29) is 12.2 Å². The summed E-state index contributed by atoms with van der Waals surface area (Å²) in [4.78, 5) is 24.0. The molecule has 5 heteroatoms. The Balaban J connectivity index is 1.54. The summed E-state index contributed by atoms with van der Waals surface area (Å²) in [7, 11) is 0. The molecule has 1 spiro atoms. The molecular formula is C20H22N2O3. The molecule has 0 aromatic heterocycles. The lowest BCUT2D eigenvalue weighted by Crippen LogP contribution is -2.32. The Kier molecular flexibility index (Phi) is 4.06. The van der Waals surface area contributed by atoms with Crippen molar-refractivity contribution in [1.82, 2.24) is 10.4 Å². The van der Waals surface area contributed by atoms with Crippen LogP contribution >= 0.6 is 0 Å². The number of rotatable bonds is 2. The van der Waals surface area contributed by atoms with E-state index in [1.165, 1.54) is 23.6 Å². The second kappa shape index (κ2) is 6.24. The average Bonchev–Trinajstić information content (AvgIpc) is 3.08. The van der Waals surface area contributed by atoms with Crippen molar-refractivity contribution in [3.63, 3.8) is 0 Å². The monoisotopic (exact) mass is 338 g/mol. The summed E-state index contributed by atoms with van der Waals surface area (Å²) in [6, 6.07) is 5.71. The van der Waals surface area contributed by atoms with Crippen LogP contribution in [0, 0.1) is 5.41 Å². The summed E-state index contributed by atoms with van der Waals surface area (Å²) in [5.74, 6) is -0.606. The summed E-state index contributed by atoms with van der Waals surface area (Å²) in [5.41, 5.74) is 3.66. The van der Waals surface area contributed by atoms with Crippen LogP contribution in [0.25, 0.3) is 0 Å². The van der Waals surface area contributed by atoms with E-state index >= 15 is 0 Å². The second-order valence-corrected chi connectivity index (χ2v) is 7.36. The second-order valence-electron chi connectivity index (χ2n) is 7.36. The standard InChI is InChI=1S/C20H22N2O3/c23-18-3-1-2-17(11-18)22(25)19(24)15-4-5-16-12-20(8-9-21-13-20)7-6-14(16)10-15/h1-5,10,21,25H,6-9,11-13H2/t20-/m1/s1. The molecule has 25 heavy (non-hydrogen) atoms. The van der Waals surface area contributed by atoms with Gasteiger partial charge in [0, 0.05) is 12.1 Å². The van der Waals surface area contributed by atoms with Gasteiger partial charge in [-0.15, -0.1) is 0 Å². The fourth-order valence-corrected chi connectivity index (χ4v) is 4.18. The Bertz CT molecular complexity index is 788. The van der Waals surface area contributed by atoms with E-state index in [1.807, 2.05) is 12.1 Å². The topological polar surface area (TPSA) is 69.6 Å². The largest absolute Gasteiger partial charge is 0.316 e. The van der Waals surface area contributed by atoms with Crippen molar-refractivity contribution in [3.8, 4) is 0 Å². The third-order valence-corrected chi connectivity index (χ3v) is 5.67. The van der Waals surface area contributed by atoms with E-state index in [1.54, 1.807) is 18.2 Å². The van der Waals surface area contributed by atoms with Crippen LogP contribution in [0.4, 0.5) is 0 Å². The van der Waals surface area contributed by atoms with Crippen LogP contribution in [0.5, 0.6) is 0 Å². The van der Waals surface area contributed by atoms with Gasteiger partial charge in [-0.1, -0.05) is 12.1 Å². The molecule has 4 rings (SSSR count). The molecule has 1 aliphatic heterocycles. The van der Waals surface area contributed by atoms with Gasteiger partial charge in [-0.05, 0) is 73.1 Å². The van der Waals surface area contributed by atoms with Crippen molar-refractivity contribution < 1.29 is 14.8 Å². The van der Waals surface area contributed by atoms with E-state index in [4.69, 9.17) is 0 Å². The van der Waals surface area contributed by atoms with E-state index in [0.717, 1.165) is 32.4 Å². The minimum absolute atomic E-state index is 0.0409. The molecular weight excluding hydrogens is 316 g/mol. The van der Waals surface area contributed by atoms with E-state index < -0.39 is 5.91 Å². The molecule has 0 bridgehead atoms. The predicted octanol–water partition coefficient (Wildman–Crippen LogP) is 2.40. The Hall–Kier alpha value is -2.24. The molecule has 0 unspecified atom stereocenters. The fraction of sp³-hybridized carbons (Fsp3) is 0.400. The van der Waals surface area contributed by atoms with Gasteiger partial charge in [-0.3, -0.25) is 14.8 Å². The molecule has 1 fully saturated rings. The van der Waals surface area contributed by atoms with Crippen LogP contribution in [0.15, 0.2) is 42.1 Å². The average molecular weight is 338 g/mol. The van der Waals surface area contributed by atoms with Crippen molar-refractivity contribution in [1.29, 1.82) is 0 Å². The molecule has 1 amide bonds. The van der Waals surface area contributed by atoms with E-state index in [9.17, 15) is 14.8 Å². The minimum Gasteiger partial charge on any atom is -0.316 e. The van der Waals surface area contributed by atoms with Gasteiger partial charge in [-0.25, -0.2) is 0 Å². The predicted molar refractivity (Wildman–Crippen MR) is 93.2 cm³/mol. The zero-order valence-electron chi connectivity index (χ0n) is 14.1. The van der Waals surface area contributed by atoms with Crippen molar-refractivity contribution in [2.75, 3.05) is 13.1 Å². The number of hydrogen-bond donors (Lipinski definition) is 2. The first kappa shape index (κ1) is 16.2.